The first-order valence-corrected chi connectivity index (χ1v) is 8.35. The summed E-state index contributed by atoms with van der Waals surface area (Å²) in [5, 5.41) is 6.52. The number of rotatable bonds is 7. The van der Waals surface area contributed by atoms with Crippen LogP contribution >= 0.6 is 0 Å². The van der Waals surface area contributed by atoms with Crippen molar-refractivity contribution in [2.45, 2.75) is 38.5 Å². The number of halogens is 6. The van der Waals surface area contributed by atoms with Gasteiger partial charge in [0, 0.05) is 25.6 Å². The first-order chi connectivity index (χ1) is 13.5. The van der Waals surface area contributed by atoms with Gasteiger partial charge in [0.15, 0.2) is 17.5 Å². The number of allylic oxidation sites excluding steroid dienone is 5. The Morgan fingerprint density at radius 3 is 2.41 bits per heavy atom. The molecule has 6 nitrogen and oxygen atoms in total. The Morgan fingerprint density at radius 2 is 1.79 bits per heavy atom. The van der Waals surface area contributed by atoms with Crippen LogP contribution in [-0.2, 0) is 28.9 Å². The fourth-order valence-electron chi connectivity index (χ4n) is 2.61. The zero-order chi connectivity index (χ0) is 21.8. The Balaban J connectivity index is 1.87. The number of ketones is 1. The Hall–Kier alpha value is -2.92. The summed E-state index contributed by atoms with van der Waals surface area (Å²) in [5.74, 6) is -6.40. The predicted molar refractivity (Wildman–Crippen MR) is 87.9 cm³/mol. The monoisotopic (exact) mass is 422 g/mol. The molecule has 1 aromatic heterocycles. The summed E-state index contributed by atoms with van der Waals surface area (Å²) in [7, 11) is 0. The highest BCUT2D eigenvalue weighted by Gasteiger charge is 2.39. The average Bonchev–Trinajstić information content (AvgIpc) is 3.04. The summed E-state index contributed by atoms with van der Waals surface area (Å²) in [6.45, 7) is 2.29. The zero-order valence-corrected chi connectivity index (χ0v) is 15.0. The number of Topliss-reactive ketones (excluding diaryl/α,β-unsaturated/α-hetero) is 1. The molecule has 29 heavy (non-hydrogen) atoms. The molecule has 0 unspecified atom stereocenters. The van der Waals surface area contributed by atoms with Gasteiger partial charge in [-0.05, 0) is 12.5 Å². The fourth-order valence-corrected chi connectivity index (χ4v) is 2.61. The van der Waals surface area contributed by atoms with Gasteiger partial charge in [0.1, 0.15) is 11.6 Å². The number of amides is 1. The summed E-state index contributed by atoms with van der Waals surface area (Å²) in [6.07, 6.45) is -4.72. The summed E-state index contributed by atoms with van der Waals surface area (Å²) < 4.78 is 78.0. The molecule has 1 aliphatic heterocycles. The van der Waals surface area contributed by atoms with Gasteiger partial charge in [0.05, 0.1) is 13.0 Å². The number of nitrogens with zero attached hydrogens (tertiary/aromatic N) is 4. The molecule has 0 saturated carbocycles. The standard InChI is InChI=1S/C17H16F6N4O2/c1-10(18)7-13(20)12(19)4-2-3-11(28)8-15(29)26-5-6-27-14(9-26)24-25-16(27)17(21,22)23/h4,7H,1-3,5-6,8-9H2/b12-4+,13-7+. The lowest BCUT2D eigenvalue weighted by Gasteiger charge is -2.27. The lowest BCUT2D eigenvalue weighted by Crippen LogP contribution is -2.40. The van der Waals surface area contributed by atoms with Gasteiger partial charge in [-0.2, -0.15) is 13.2 Å². The number of hydrogen-bond acceptors (Lipinski definition) is 4. The van der Waals surface area contributed by atoms with Crippen LogP contribution in [0.5, 0.6) is 0 Å². The van der Waals surface area contributed by atoms with E-state index in [1.165, 1.54) is 4.90 Å². The first kappa shape index (κ1) is 22.4. The van der Waals surface area contributed by atoms with E-state index >= 15 is 0 Å². The van der Waals surface area contributed by atoms with Gasteiger partial charge < -0.3 is 9.47 Å². The third-order valence-corrected chi connectivity index (χ3v) is 3.97. The maximum absolute atomic E-state index is 13.3. The van der Waals surface area contributed by atoms with E-state index in [0.717, 1.165) is 10.6 Å². The maximum Gasteiger partial charge on any atom is 0.451 e. The highest BCUT2D eigenvalue weighted by molar-refractivity contribution is 5.98. The quantitative estimate of drug-likeness (QED) is 0.383. The molecule has 12 heteroatoms. The number of alkyl halides is 3. The van der Waals surface area contributed by atoms with E-state index in [-0.39, 0.29) is 44.4 Å². The molecule has 0 atom stereocenters. The number of carbonyl (C=O) groups is 2. The van der Waals surface area contributed by atoms with Gasteiger partial charge in [0.2, 0.25) is 11.7 Å². The maximum atomic E-state index is 13.3. The minimum atomic E-state index is -4.66. The summed E-state index contributed by atoms with van der Waals surface area (Å²) in [6, 6.07) is 0. The van der Waals surface area contributed by atoms with Crippen LogP contribution in [0.2, 0.25) is 0 Å². The van der Waals surface area contributed by atoms with Crippen LogP contribution in [0.1, 0.15) is 30.9 Å². The van der Waals surface area contributed by atoms with E-state index in [1.54, 1.807) is 0 Å². The molecule has 1 aromatic rings. The smallest absolute Gasteiger partial charge is 0.333 e. The van der Waals surface area contributed by atoms with Crippen molar-refractivity contribution >= 4 is 11.7 Å². The van der Waals surface area contributed by atoms with Gasteiger partial charge in [-0.3, -0.25) is 9.59 Å². The van der Waals surface area contributed by atoms with E-state index in [9.17, 15) is 35.9 Å². The third kappa shape index (κ3) is 6.03. The molecule has 0 bridgehead atoms. The normalized spacial score (nSPS) is 15.3. The molecule has 2 rings (SSSR count). The molecule has 0 N–H and O–H groups in total. The second-order valence-electron chi connectivity index (χ2n) is 6.15. The fraction of sp³-hybridized carbons (Fsp3) is 0.412. The summed E-state index contributed by atoms with van der Waals surface area (Å²) in [4.78, 5) is 25.2. The van der Waals surface area contributed by atoms with Crippen molar-refractivity contribution in [1.29, 1.82) is 0 Å². The summed E-state index contributed by atoms with van der Waals surface area (Å²) in [5.41, 5.74) is 0. The topological polar surface area (TPSA) is 68.1 Å². The Morgan fingerprint density at radius 1 is 1.10 bits per heavy atom. The van der Waals surface area contributed by atoms with Crippen molar-refractivity contribution in [3.8, 4) is 0 Å². The average molecular weight is 422 g/mol. The molecule has 1 aliphatic rings. The predicted octanol–water partition coefficient (Wildman–Crippen LogP) is 3.57. The highest BCUT2D eigenvalue weighted by Crippen LogP contribution is 2.29. The van der Waals surface area contributed by atoms with Crippen molar-refractivity contribution < 1.29 is 35.9 Å². The third-order valence-electron chi connectivity index (χ3n) is 3.97. The second-order valence-corrected chi connectivity index (χ2v) is 6.15. The lowest BCUT2D eigenvalue weighted by atomic mass is 10.1. The second kappa shape index (κ2) is 9.05. The largest absolute Gasteiger partial charge is 0.451 e. The van der Waals surface area contributed by atoms with E-state index in [0.29, 0.717) is 0 Å². The van der Waals surface area contributed by atoms with Gasteiger partial charge >= 0.3 is 6.18 Å². The molecule has 0 saturated heterocycles. The van der Waals surface area contributed by atoms with Crippen LogP contribution < -0.4 is 0 Å². The van der Waals surface area contributed by atoms with Crippen LogP contribution in [0.4, 0.5) is 26.3 Å². The minimum absolute atomic E-state index is 0.0499. The molecule has 158 valence electrons. The Bertz CT molecular complexity index is 872. The summed E-state index contributed by atoms with van der Waals surface area (Å²) >= 11 is 0. The Kier molecular flexibility index (Phi) is 6.98. The van der Waals surface area contributed by atoms with Crippen LogP contribution in [-0.4, -0.2) is 37.9 Å². The zero-order valence-electron chi connectivity index (χ0n) is 15.0. The van der Waals surface area contributed by atoms with Crippen molar-refractivity contribution in [1.82, 2.24) is 19.7 Å². The molecule has 0 aliphatic carbocycles. The molecule has 0 spiro atoms. The number of aromatic nitrogens is 3. The lowest BCUT2D eigenvalue weighted by molar-refractivity contribution is -0.148. The SMILES string of the molecule is C=C(F)/C=C(F)\C(F)=C/CCC(=O)CC(=O)N1CCn2c(nnc2C(F)(F)F)C1. The van der Waals surface area contributed by atoms with Crippen LogP contribution in [0.15, 0.2) is 36.2 Å². The molecule has 0 fully saturated rings. The molecule has 0 aromatic carbocycles. The van der Waals surface area contributed by atoms with Crippen molar-refractivity contribution in [3.05, 3.63) is 47.9 Å². The minimum Gasteiger partial charge on any atom is -0.333 e. The van der Waals surface area contributed by atoms with Crippen LogP contribution in [0, 0.1) is 0 Å². The van der Waals surface area contributed by atoms with E-state index in [1.807, 2.05) is 0 Å². The van der Waals surface area contributed by atoms with Crippen molar-refractivity contribution in [2.24, 2.45) is 0 Å². The van der Waals surface area contributed by atoms with E-state index < -0.39 is 47.6 Å². The highest BCUT2D eigenvalue weighted by atomic mass is 19.4. The van der Waals surface area contributed by atoms with Gasteiger partial charge in [-0.1, -0.05) is 6.58 Å². The first-order valence-electron chi connectivity index (χ1n) is 8.35. The van der Waals surface area contributed by atoms with Gasteiger partial charge in [-0.25, -0.2) is 13.2 Å². The van der Waals surface area contributed by atoms with Crippen molar-refractivity contribution in [2.75, 3.05) is 6.54 Å². The molecule has 0 radical (unpaired) electrons. The molecule has 1 amide bonds. The van der Waals surface area contributed by atoms with E-state index in [2.05, 4.69) is 16.8 Å². The van der Waals surface area contributed by atoms with Crippen molar-refractivity contribution in [3.63, 3.8) is 0 Å². The number of carbonyl (C=O) groups excluding carboxylic acids is 2. The van der Waals surface area contributed by atoms with E-state index in [4.69, 9.17) is 0 Å². The molecular formula is C17H16F6N4O2. The Labute approximate surface area is 161 Å². The van der Waals surface area contributed by atoms with Gasteiger partial charge in [0.25, 0.3) is 0 Å². The van der Waals surface area contributed by atoms with Crippen LogP contribution in [0.25, 0.3) is 0 Å². The molecule has 2 heterocycles. The molecular weight excluding hydrogens is 406 g/mol. The number of fused-ring (bicyclic) bond motifs is 1. The van der Waals surface area contributed by atoms with Crippen LogP contribution in [0.3, 0.4) is 0 Å². The number of hydrogen-bond donors (Lipinski definition) is 0. The van der Waals surface area contributed by atoms with Gasteiger partial charge in [-0.15, -0.1) is 10.2 Å².